The van der Waals surface area contributed by atoms with E-state index in [-0.39, 0.29) is 17.1 Å². The molecular weight excluding hydrogens is 230 g/mol. The third-order valence-electron chi connectivity index (χ3n) is 6.03. The molecule has 100 valence electrons. The first-order valence-corrected chi connectivity index (χ1v) is 6.75. The minimum atomic E-state index is -0.916. The van der Waals surface area contributed by atoms with E-state index in [0.717, 1.165) is 12.8 Å². The van der Waals surface area contributed by atoms with Gasteiger partial charge in [-0.25, -0.2) is 0 Å². The fourth-order valence-electron chi connectivity index (χ4n) is 5.33. The minimum Gasteiger partial charge on any atom is -0.392 e. The average molecular weight is 251 g/mol. The van der Waals surface area contributed by atoms with E-state index in [4.69, 9.17) is 0 Å². The molecule has 0 aromatic rings. The summed E-state index contributed by atoms with van der Waals surface area (Å²) in [5.74, 6) is -0.0388. The number of amides is 1. The van der Waals surface area contributed by atoms with Crippen molar-refractivity contribution in [2.75, 3.05) is 14.1 Å². The van der Waals surface area contributed by atoms with Crippen molar-refractivity contribution in [1.29, 1.82) is 0 Å². The van der Waals surface area contributed by atoms with Crippen LogP contribution in [0, 0.1) is 16.2 Å². The summed E-state index contributed by atoms with van der Waals surface area (Å²) < 4.78 is 0. The zero-order valence-electron chi connectivity index (χ0n) is 11.3. The SMILES string of the molecule is CN(C)C(=O)[C@@]12C[C@@]3(C)CC[C@H](O)[C@]31CCC2=O. The highest BCUT2D eigenvalue weighted by molar-refractivity contribution is 6.10. The lowest BCUT2D eigenvalue weighted by atomic mass is 9.38. The molecule has 1 spiro atoms. The van der Waals surface area contributed by atoms with Gasteiger partial charge in [-0.15, -0.1) is 0 Å². The van der Waals surface area contributed by atoms with Crippen LogP contribution < -0.4 is 0 Å². The summed E-state index contributed by atoms with van der Waals surface area (Å²) in [6.07, 6.45) is 2.94. The van der Waals surface area contributed by atoms with Crippen LogP contribution in [-0.2, 0) is 9.59 Å². The van der Waals surface area contributed by atoms with Crippen LogP contribution in [0.15, 0.2) is 0 Å². The molecule has 0 aromatic carbocycles. The summed E-state index contributed by atoms with van der Waals surface area (Å²) in [5, 5.41) is 10.4. The van der Waals surface area contributed by atoms with Crippen molar-refractivity contribution in [3.05, 3.63) is 0 Å². The van der Waals surface area contributed by atoms with E-state index in [0.29, 0.717) is 19.3 Å². The molecule has 1 amide bonds. The van der Waals surface area contributed by atoms with Gasteiger partial charge in [-0.1, -0.05) is 6.92 Å². The number of aliphatic hydroxyl groups is 1. The standard InChI is InChI=1S/C14H21NO3/c1-12-6-4-10(17)14(12)7-5-9(16)13(14,8-12)11(18)15(2)3/h10,17H,4-8H2,1-3H3/t10-,12+,13-,14+/m0/s1. The third kappa shape index (κ3) is 0.921. The molecule has 4 heteroatoms. The largest absolute Gasteiger partial charge is 0.392 e. The predicted molar refractivity (Wildman–Crippen MR) is 65.8 cm³/mol. The number of rotatable bonds is 1. The molecule has 0 bridgehead atoms. The summed E-state index contributed by atoms with van der Waals surface area (Å²) in [6.45, 7) is 2.14. The Balaban J connectivity index is 2.14. The normalized spacial score (nSPS) is 49.6. The number of nitrogens with zero attached hydrogens (tertiary/aromatic N) is 1. The fourth-order valence-corrected chi connectivity index (χ4v) is 5.33. The summed E-state index contributed by atoms with van der Waals surface area (Å²) in [6, 6.07) is 0. The van der Waals surface area contributed by atoms with Crippen LogP contribution in [0.25, 0.3) is 0 Å². The number of hydrogen-bond acceptors (Lipinski definition) is 3. The van der Waals surface area contributed by atoms with E-state index in [1.165, 1.54) is 4.90 Å². The zero-order valence-corrected chi connectivity index (χ0v) is 11.3. The predicted octanol–water partition coefficient (Wildman–Crippen LogP) is 0.975. The Morgan fingerprint density at radius 3 is 2.61 bits per heavy atom. The van der Waals surface area contributed by atoms with Gasteiger partial charge in [0.15, 0.2) is 0 Å². The lowest BCUT2D eigenvalue weighted by Crippen LogP contribution is -2.70. The van der Waals surface area contributed by atoms with Gasteiger partial charge >= 0.3 is 0 Å². The molecule has 18 heavy (non-hydrogen) atoms. The van der Waals surface area contributed by atoms with Gasteiger partial charge in [0.1, 0.15) is 11.2 Å². The average Bonchev–Trinajstić information content (AvgIpc) is 2.65. The molecule has 4 atom stereocenters. The topological polar surface area (TPSA) is 57.6 Å². The fraction of sp³-hybridized carbons (Fsp3) is 0.857. The molecule has 1 N–H and O–H groups in total. The first-order chi connectivity index (χ1) is 8.32. The number of hydrogen-bond donors (Lipinski definition) is 1. The molecule has 0 radical (unpaired) electrons. The molecule has 0 heterocycles. The van der Waals surface area contributed by atoms with E-state index in [9.17, 15) is 14.7 Å². The van der Waals surface area contributed by atoms with Gasteiger partial charge in [-0.05, 0) is 31.1 Å². The van der Waals surface area contributed by atoms with Gasteiger partial charge in [0.2, 0.25) is 5.91 Å². The maximum absolute atomic E-state index is 12.6. The van der Waals surface area contributed by atoms with Crippen molar-refractivity contribution in [2.45, 2.75) is 45.1 Å². The van der Waals surface area contributed by atoms with Crippen LogP contribution in [-0.4, -0.2) is 41.9 Å². The van der Waals surface area contributed by atoms with Crippen LogP contribution in [0.2, 0.25) is 0 Å². The molecule has 3 aliphatic rings. The summed E-state index contributed by atoms with van der Waals surface area (Å²) in [7, 11) is 3.40. The Hall–Kier alpha value is -0.900. The smallest absolute Gasteiger partial charge is 0.236 e. The zero-order chi connectivity index (χ0) is 13.3. The molecule has 0 saturated heterocycles. The Morgan fingerprint density at radius 1 is 1.39 bits per heavy atom. The second-order valence-corrected chi connectivity index (χ2v) is 6.79. The highest BCUT2D eigenvalue weighted by Crippen LogP contribution is 2.80. The number of aliphatic hydroxyl groups excluding tert-OH is 1. The number of carbonyl (C=O) groups is 2. The number of ketones is 1. The molecule has 3 fully saturated rings. The van der Waals surface area contributed by atoms with Gasteiger partial charge in [0.25, 0.3) is 0 Å². The first kappa shape index (κ1) is 12.2. The van der Waals surface area contributed by atoms with Crippen molar-refractivity contribution in [2.24, 2.45) is 16.2 Å². The Labute approximate surface area is 107 Å². The molecule has 3 rings (SSSR count). The molecule has 0 aromatic heterocycles. The summed E-state index contributed by atoms with van der Waals surface area (Å²) >= 11 is 0. The maximum atomic E-state index is 12.6. The number of carbonyl (C=O) groups excluding carboxylic acids is 2. The summed E-state index contributed by atoms with van der Waals surface area (Å²) in [5.41, 5.74) is -1.41. The highest BCUT2D eigenvalue weighted by Gasteiger charge is 2.83. The Bertz CT molecular complexity index is 446. The minimum absolute atomic E-state index is 0.0236. The molecule has 0 aliphatic heterocycles. The van der Waals surface area contributed by atoms with Gasteiger partial charge in [0, 0.05) is 25.9 Å². The number of Topliss-reactive ketones (excluding diaryl/α,β-unsaturated/α-hetero) is 1. The van der Waals surface area contributed by atoms with Gasteiger partial charge in [-0.3, -0.25) is 9.59 Å². The molecule has 4 nitrogen and oxygen atoms in total. The molecular formula is C14H21NO3. The quantitative estimate of drug-likeness (QED) is 0.707. The van der Waals surface area contributed by atoms with Crippen LogP contribution >= 0.6 is 0 Å². The third-order valence-corrected chi connectivity index (χ3v) is 6.03. The highest BCUT2D eigenvalue weighted by atomic mass is 16.3. The first-order valence-electron chi connectivity index (χ1n) is 6.75. The van der Waals surface area contributed by atoms with Gasteiger partial charge < -0.3 is 10.0 Å². The Morgan fingerprint density at radius 2 is 2.06 bits per heavy atom. The van der Waals surface area contributed by atoms with Gasteiger partial charge in [-0.2, -0.15) is 0 Å². The van der Waals surface area contributed by atoms with Crippen molar-refractivity contribution in [1.82, 2.24) is 4.90 Å². The maximum Gasteiger partial charge on any atom is 0.236 e. The van der Waals surface area contributed by atoms with E-state index < -0.39 is 16.9 Å². The van der Waals surface area contributed by atoms with Gasteiger partial charge in [0.05, 0.1) is 6.10 Å². The lowest BCUT2D eigenvalue weighted by Gasteiger charge is -2.64. The van der Waals surface area contributed by atoms with Crippen LogP contribution in [0.1, 0.15) is 39.0 Å². The van der Waals surface area contributed by atoms with Crippen LogP contribution in [0.3, 0.4) is 0 Å². The molecule has 0 unspecified atom stereocenters. The van der Waals surface area contributed by atoms with Crippen molar-refractivity contribution in [3.8, 4) is 0 Å². The van der Waals surface area contributed by atoms with E-state index in [1.807, 2.05) is 0 Å². The summed E-state index contributed by atoms with van der Waals surface area (Å²) in [4.78, 5) is 26.5. The van der Waals surface area contributed by atoms with Crippen LogP contribution in [0.5, 0.6) is 0 Å². The second-order valence-electron chi connectivity index (χ2n) is 6.79. The Kier molecular flexibility index (Phi) is 2.13. The second kappa shape index (κ2) is 3.16. The molecule has 3 aliphatic carbocycles. The monoisotopic (exact) mass is 251 g/mol. The molecule has 3 saturated carbocycles. The van der Waals surface area contributed by atoms with Crippen molar-refractivity contribution in [3.63, 3.8) is 0 Å². The van der Waals surface area contributed by atoms with Crippen molar-refractivity contribution < 1.29 is 14.7 Å². The lowest BCUT2D eigenvalue weighted by molar-refractivity contribution is -0.214. The van der Waals surface area contributed by atoms with E-state index >= 15 is 0 Å². The van der Waals surface area contributed by atoms with E-state index in [1.54, 1.807) is 14.1 Å². The van der Waals surface area contributed by atoms with Crippen molar-refractivity contribution >= 4 is 11.7 Å². The van der Waals surface area contributed by atoms with E-state index in [2.05, 4.69) is 6.92 Å². The van der Waals surface area contributed by atoms with Crippen LogP contribution in [0.4, 0.5) is 0 Å².